The predicted molar refractivity (Wildman–Crippen MR) is 137 cm³/mol. The van der Waals surface area contributed by atoms with E-state index in [1.165, 1.54) is 32.5 Å². The van der Waals surface area contributed by atoms with Crippen molar-refractivity contribution in [2.45, 2.75) is 26.3 Å². The molecule has 0 radical (unpaired) electrons. The molecule has 7 nitrogen and oxygen atoms in total. The molecule has 0 bridgehead atoms. The molecule has 1 aromatic heterocycles. The molecular formula is C28H31N3O4. The van der Waals surface area contributed by atoms with Crippen molar-refractivity contribution < 1.29 is 19.0 Å². The van der Waals surface area contributed by atoms with Crippen LogP contribution in [0.2, 0.25) is 0 Å². The van der Waals surface area contributed by atoms with E-state index in [1.54, 1.807) is 12.1 Å². The third-order valence-corrected chi connectivity index (χ3v) is 5.98. The number of carbonyl (C=O) groups is 1. The van der Waals surface area contributed by atoms with E-state index < -0.39 is 0 Å². The van der Waals surface area contributed by atoms with Gasteiger partial charge in [0.25, 0.3) is 5.91 Å². The minimum Gasteiger partial charge on any atom is -0.493 e. The van der Waals surface area contributed by atoms with E-state index in [9.17, 15) is 4.79 Å². The monoisotopic (exact) mass is 473 g/mol. The molecule has 182 valence electrons. The van der Waals surface area contributed by atoms with Crippen LogP contribution in [0.5, 0.6) is 17.2 Å². The molecule has 0 spiro atoms. The number of aryl methyl sites for hydroxylation is 2. The predicted octanol–water partition coefficient (Wildman–Crippen LogP) is 4.78. The molecule has 0 saturated heterocycles. The van der Waals surface area contributed by atoms with Crippen LogP contribution in [-0.2, 0) is 13.0 Å². The molecule has 1 N–H and O–H groups in total. The molecule has 0 unspecified atom stereocenters. The summed E-state index contributed by atoms with van der Waals surface area (Å²) >= 11 is 0. The smallest absolute Gasteiger partial charge is 0.251 e. The third kappa shape index (κ3) is 5.40. The van der Waals surface area contributed by atoms with Gasteiger partial charge in [-0.2, -0.15) is 0 Å². The highest BCUT2D eigenvalue weighted by molar-refractivity contribution is 5.95. The molecule has 4 rings (SSSR count). The summed E-state index contributed by atoms with van der Waals surface area (Å²) in [5.74, 6) is 2.16. The fourth-order valence-electron chi connectivity index (χ4n) is 4.13. The lowest BCUT2D eigenvalue weighted by atomic mass is 10.1. The maximum Gasteiger partial charge on any atom is 0.251 e. The summed E-state index contributed by atoms with van der Waals surface area (Å²) in [6.07, 6.45) is 1.50. The number of carbonyl (C=O) groups excluding carboxylic acids is 1. The van der Waals surface area contributed by atoms with Gasteiger partial charge in [-0.25, -0.2) is 4.98 Å². The van der Waals surface area contributed by atoms with Gasteiger partial charge in [0.05, 0.1) is 32.4 Å². The second-order valence-corrected chi connectivity index (χ2v) is 8.36. The summed E-state index contributed by atoms with van der Waals surface area (Å²) in [4.78, 5) is 17.7. The Labute approximate surface area is 205 Å². The number of benzene rings is 3. The second-order valence-electron chi connectivity index (χ2n) is 8.36. The molecule has 1 heterocycles. The quantitative estimate of drug-likeness (QED) is 0.336. The Morgan fingerprint density at radius 1 is 0.943 bits per heavy atom. The van der Waals surface area contributed by atoms with Crippen LogP contribution in [0.15, 0.2) is 60.7 Å². The van der Waals surface area contributed by atoms with E-state index in [0.29, 0.717) is 29.4 Å². The molecule has 0 atom stereocenters. The number of amides is 1. The first-order valence-electron chi connectivity index (χ1n) is 11.6. The Balaban J connectivity index is 1.44. The number of ether oxygens (including phenoxy) is 3. The van der Waals surface area contributed by atoms with Crippen molar-refractivity contribution in [2.75, 3.05) is 27.9 Å². The molecule has 3 aromatic carbocycles. The number of methoxy groups -OCH3 is 3. The van der Waals surface area contributed by atoms with Crippen molar-refractivity contribution in [2.24, 2.45) is 0 Å². The first-order valence-corrected chi connectivity index (χ1v) is 11.6. The lowest BCUT2D eigenvalue weighted by Gasteiger charge is -2.14. The summed E-state index contributed by atoms with van der Waals surface area (Å²) in [6.45, 7) is 3.37. The Morgan fingerprint density at radius 3 is 2.29 bits per heavy atom. The largest absolute Gasteiger partial charge is 0.493 e. The average molecular weight is 474 g/mol. The van der Waals surface area contributed by atoms with Crippen LogP contribution in [0.25, 0.3) is 11.0 Å². The summed E-state index contributed by atoms with van der Waals surface area (Å²) < 4.78 is 18.3. The van der Waals surface area contributed by atoms with E-state index in [1.807, 2.05) is 18.2 Å². The fraction of sp³-hybridized carbons (Fsp3) is 0.286. The number of imidazole rings is 1. The summed E-state index contributed by atoms with van der Waals surface area (Å²) in [7, 11) is 4.59. The fourth-order valence-corrected chi connectivity index (χ4v) is 4.13. The van der Waals surface area contributed by atoms with Gasteiger partial charge < -0.3 is 24.1 Å². The van der Waals surface area contributed by atoms with Crippen LogP contribution < -0.4 is 19.5 Å². The van der Waals surface area contributed by atoms with E-state index in [0.717, 1.165) is 36.2 Å². The van der Waals surface area contributed by atoms with Gasteiger partial charge in [-0.3, -0.25) is 4.79 Å². The van der Waals surface area contributed by atoms with Crippen molar-refractivity contribution in [3.63, 3.8) is 0 Å². The first-order chi connectivity index (χ1) is 17.0. The summed E-state index contributed by atoms with van der Waals surface area (Å²) in [5.41, 5.74) is 5.02. The van der Waals surface area contributed by atoms with Crippen molar-refractivity contribution in [1.82, 2.24) is 14.9 Å². The number of aromatic nitrogens is 2. The van der Waals surface area contributed by atoms with Gasteiger partial charge in [0.2, 0.25) is 5.75 Å². The van der Waals surface area contributed by atoms with Gasteiger partial charge in [-0.15, -0.1) is 0 Å². The lowest BCUT2D eigenvalue weighted by Crippen LogP contribution is -2.25. The third-order valence-electron chi connectivity index (χ3n) is 5.98. The van der Waals surface area contributed by atoms with Crippen LogP contribution >= 0.6 is 0 Å². The van der Waals surface area contributed by atoms with Crippen LogP contribution in [0.4, 0.5) is 0 Å². The Bertz CT molecular complexity index is 1290. The summed E-state index contributed by atoms with van der Waals surface area (Å²) in [6, 6.07) is 20.1. The molecule has 0 aliphatic carbocycles. The number of hydrogen-bond donors (Lipinski definition) is 1. The standard InChI is InChI=1S/C28H31N3O4/c1-19-11-13-20(14-12-19)18-31-23-9-6-5-8-22(23)30-26(31)10-7-15-29-28(32)21-16-24(33-2)27(35-4)25(17-21)34-3/h5-6,8-9,11-14,16-17H,7,10,15,18H2,1-4H3,(H,29,32). The highest BCUT2D eigenvalue weighted by Gasteiger charge is 2.17. The van der Waals surface area contributed by atoms with Crippen LogP contribution in [0.3, 0.4) is 0 Å². The number of nitrogens with zero attached hydrogens (tertiary/aromatic N) is 2. The molecular weight excluding hydrogens is 442 g/mol. The average Bonchev–Trinajstić information content (AvgIpc) is 3.23. The van der Waals surface area contributed by atoms with Gasteiger partial charge in [0.1, 0.15) is 5.82 Å². The maximum atomic E-state index is 12.8. The van der Waals surface area contributed by atoms with E-state index in [-0.39, 0.29) is 5.91 Å². The van der Waals surface area contributed by atoms with E-state index in [4.69, 9.17) is 19.2 Å². The number of rotatable bonds is 10. The van der Waals surface area contributed by atoms with E-state index >= 15 is 0 Å². The Hall–Kier alpha value is -4.00. The minimum absolute atomic E-state index is 0.197. The van der Waals surface area contributed by atoms with Crippen molar-refractivity contribution in [3.8, 4) is 17.2 Å². The molecule has 35 heavy (non-hydrogen) atoms. The molecule has 1 amide bonds. The van der Waals surface area contributed by atoms with Crippen molar-refractivity contribution in [3.05, 3.63) is 83.2 Å². The molecule has 0 aliphatic rings. The van der Waals surface area contributed by atoms with Crippen LogP contribution in [-0.4, -0.2) is 43.3 Å². The van der Waals surface area contributed by atoms with Gasteiger partial charge in [0.15, 0.2) is 11.5 Å². The molecule has 7 heteroatoms. The van der Waals surface area contributed by atoms with E-state index in [2.05, 4.69) is 47.1 Å². The number of nitrogens with one attached hydrogen (secondary N) is 1. The minimum atomic E-state index is -0.197. The molecule has 0 saturated carbocycles. The SMILES string of the molecule is COc1cc(C(=O)NCCCc2nc3ccccc3n2Cc2ccc(C)cc2)cc(OC)c1OC. The molecule has 4 aromatic rings. The zero-order valence-electron chi connectivity index (χ0n) is 20.6. The van der Waals surface area contributed by atoms with Gasteiger partial charge in [-0.05, 0) is 43.2 Å². The van der Waals surface area contributed by atoms with Crippen molar-refractivity contribution in [1.29, 1.82) is 0 Å². The lowest BCUT2D eigenvalue weighted by molar-refractivity contribution is 0.0952. The molecule has 0 aliphatic heterocycles. The number of fused-ring (bicyclic) bond motifs is 1. The van der Waals surface area contributed by atoms with Gasteiger partial charge in [-0.1, -0.05) is 42.0 Å². The van der Waals surface area contributed by atoms with Gasteiger partial charge in [0, 0.05) is 25.1 Å². The van der Waals surface area contributed by atoms with Crippen LogP contribution in [0, 0.1) is 6.92 Å². The number of para-hydroxylation sites is 2. The number of hydrogen-bond acceptors (Lipinski definition) is 5. The zero-order chi connectivity index (χ0) is 24.8. The highest BCUT2D eigenvalue weighted by Crippen LogP contribution is 2.38. The first kappa shape index (κ1) is 24.1. The molecule has 0 fully saturated rings. The second kappa shape index (κ2) is 11.0. The Morgan fingerprint density at radius 2 is 1.63 bits per heavy atom. The zero-order valence-corrected chi connectivity index (χ0v) is 20.6. The van der Waals surface area contributed by atoms with Crippen molar-refractivity contribution >= 4 is 16.9 Å². The highest BCUT2D eigenvalue weighted by atomic mass is 16.5. The summed E-state index contributed by atoms with van der Waals surface area (Å²) in [5, 5.41) is 2.99. The van der Waals surface area contributed by atoms with Gasteiger partial charge >= 0.3 is 0 Å². The Kier molecular flexibility index (Phi) is 7.55. The normalized spacial score (nSPS) is 10.9. The van der Waals surface area contributed by atoms with Crippen LogP contribution in [0.1, 0.15) is 33.7 Å². The topological polar surface area (TPSA) is 74.6 Å². The maximum absolute atomic E-state index is 12.8.